The van der Waals surface area contributed by atoms with Gasteiger partial charge in [0, 0.05) is 6.42 Å². The second-order valence-corrected chi connectivity index (χ2v) is 3.06. The summed E-state index contributed by atoms with van der Waals surface area (Å²) >= 11 is 0. The van der Waals surface area contributed by atoms with Crippen LogP contribution in [0.1, 0.15) is 32.6 Å². The van der Waals surface area contributed by atoms with Gasteiger partial charge in [-0.25, -0.2) is 0 Å². The lowest BCUT2D eigenvalue weighted by Crippen LogP contribution is -1.93. The number of carboxylic acids is 1. The molecule has 0 heterocycles. The molecule has 2 nitrogen and oxygen atoms in total. The second-order valence-electron chi connectivity index (χ2n) is 3.06. The van der Waals surface area contributed by atoms with Gasteiger partial charge in [0.1, 0.15) is 0 Å². The molecule has 0 aliphatic rings. The summed E-state index contributed by atoms with van der Waals surface area (Å²) in [7, 11) is 0. The van der Waals surface area contributed by atoms with Crippen molar-refractivity contribution in [2.24, 2.45) is 0 Å². The minimum atomic E-state index is -0.714. The Morgan fingerprint density at radius 1 is 1.36 bits per heavy atom. The van der Waals surface area contributed by atoms with Crippen molar-refractivity contribution in [3.63, 3.8) is 0 Å². The molecule has 0 aliphatic heterocycles. The van der Waals surface area contributed by atoms with Crippen molar-refractivity contribution in [2.75, 3.05) is 0 Å². The molecule has 1 N–H and O–H groups in total. The maximum atomic E-state index is 10.2. The molecule has 78 valence electrons. The number of allylic oxidation sites excluding steroid dienone is 5. The van der Waals surface area contributed by atoms with Crippen LogP contribution in [0.4, 0.5) is 0 Å². The van der Waals surface area contributed by atoms with E-state index in [4.69, 9.17) is 5.11 Å². The van der Waals surface area contributed by atoms with E-state index in [1.54, 1.807) is 6.08 Å². The zero-order valence-corrected chi connectivity index (χ0v) is 8.70. The summed E-state index contributed by atoms with van der Waals surface area (Å²) in [6.45, 7) is 5.58. The lowest BCUT2D eigenvalue weighted by Gasteiger charge is -1.99. The number of rotatable bonds is 7. The van der Waals surface area contributed by atoms with Crippen molar-refractivity contribution in [3.8, 4) is 0 Å². The molecule has 0 fully saturated rings. The molecule has 0 spiro atoms. The van der Waals surface area contributed by atoms with Gasteiger partial charge in [-0.05, 0) is 26.2 Å². The van der Waals surface area contributed by atoms with Crippen molar-refractivity contribution in [3.05, 3.63) is 36.5 Å². The Labute approximate surface area is 85.6 Å². The Bertz CT molecular complexity index is 237. The van der Waals surface area contributed by atoms with E-state index in [9.17, 15) is 4.79 Å². The van der Waals surface area contributed by atoms with E-state index in [0.717, 1.165) is 19.3 Å². The third-order valence-corrected chi connectivity index (χ3v) is 1.92. The zero-order valence-electron chi connectivity index (χ0n) is 8.70. The van der Waals surface area contributed by atoms with Gasteiger partial charge in [-0.3, -0.25) is 4.79 Å². The predicted molar refractivity (Wildman–Crippen MR) is 59.2 cm³/mol. The highest BCUT2D eigenvalue weighted by Crippen LogP contribution is 2.10. The molecule has 0 aromatic carbocycles. The SMILES string of the molecule is C=C/C=C\C(=C/C)CCCCC(=O)O. The molecule has 0 atom stereocenters. The lowest BCUT2D eigenvalue weighted by molar-refractivity contribution is -0.137. The van der Waals surface area contributed by atoms with E-state index >= 15 is 0 Å². The van der Waals surface area contributed by atoms with Crippen LogP contribution in [0.5, 0.6) is 0 Å². The molecule has 0 aromatic heterocycles. The third-order valence-electron chi connectivity index (χ3n) is 1.92. The average Bonchev–Trinajstić information content (AvgIpc) is 2.16. The van der Waals surface area contributed by atoms with Crippen LogP contribution in [-0.4, -0.2) is 11.1 Å². The molecule has 0 saturated heterocycles. The molecule has 14 heavy (non-hydrogen) atoms. The first-order valence-electron chi connectivity index (χ1n) is 4.86. The van der Waals surface area contributed by atoms with Crippen LogP contribution in [0.3, 0.4) is 0 Å². The number of hydrogen-bond acceptors (Lipinski definition) is 1. The fourth-order valence-electron chi connectivity index (χ4n) is 1.12. The highest BCUT2D eigenvalue weighted by molar-refractivity contribution is 5.66. The van der Waals surface area contributed by atoms with Gasteiger partial charge in [-0.2, -0.15) is 0 Å². The fourth-order valence-corrected chi connectivity index (χ4v) is 1.12. The smallest absolute Gasteiger partial charge is 0.303 e. The number of aliphatic carboxylic acids is 1. The van der Waals surface area contributed by atoms with Crippen LogP contribution in [0.25, 0.3) is 0 Å². The number of hydrogen-bond donors (Lipinski definition) is 1. The summed E-state index contributed by atoms with van der Waals surface area (Å²) in [5, 5.41) is 8.44. The summed E-state index contributed by atoms with van der Waals surface area (Å²) in [6.07, 6.45) is 10.6. The largest absolute Gasteiger partial charge is 0.481 e. The van der Waals surface area contributed by atoms with Crippen molar-refractivity contribution in [2.45, 2.75) is 32.6 Å². The first-order chi connectivity index (χ1) is 6.70. The maximum absolute atomic E-state index is 10.2. The van der Waals surface area contributed by atoms with E-state index in [-0.39, 0.29) is 6.42 Å². The van der Waals surface area contributed by atoms with Crippen LogP contribution in [0.15, 0.2) is 36.5 Å². The second kappa shape index (κ2) is 8.30. The Kier molecular flexibility index (Phi) is 7.52. The fraction of sp³-hybridized carbons (Fsp3) is 0.417. The number of unbranched alkanes of at least 4 members (excludes halogenated alkanes) is 1. The topological polar surface area (TPSA) is 37.3 Å². The van der Waals surface area contributed by atoms with E-state index in [0.29, 0.717) is 0 Å². The number of carboxylic acid groups (broad SMARTS) is 1. The summed E-state index contributed by atoms with van der Waals surface area (Å²) < 4.78 is 0. The molecule has 0 aliphatic carbocycles. The quantitative estimate of drug-likeness (QED) is 0.498. The Hall–Kier alpha value is -1.31. The normalized spacial score (nSPS) is 11.9. The Morgan fingerprint density at radius 3 is 2.50 bits per heavy atom. The van der Waals surface area contributed by atoms with Crippen molar-refractivity contribution < 1.29 is 9.90 Å². The van der Waals surface area contributed by atoms with E-state index in [1.165, 1.54) is 5.57 Å². The Morgan fingerprint density at radius 2 is 2.00 bits per heavy atom. The molecular weight excluding hydrogens is 176 g/mol. The summed E-state index contributed by atoms with van der Waals surface area (Å²) in [6, 6.07) is 0. The van der Waals surface area contributed by atoms with Crippen molar-refractivity contribution in [1.29, 1.82) is 0 Å². The molecule has 0 rings (SSSR count). The van der Waals surface area contributed by atoms with E-state index in [1.807, 2.05) is 25.2 Å². The maximum Gasteiger partial charge on any atom is 0.303 e. The van der Waals surface area contributed by atoms with Crippen LogP contribution in [0.2, 0.25) is 0 Å². The van der Waals surface area contributed by atoms with Crippen molar-refractivity contribution in [1.82, 2.24) is 0 Å². The average molecular weight is 194 g/mol. The molecule has 0 amide bonds. The predicted octanol–water partition coefficient (Wildman–Crippen LogP) is 3.32. The van der Waals surface area contributed by atoms with Gasteiger partial charge in [0.15, 0.2) is 0 Å². The van der Waals surface area contributed by atoms with Crippen LogP contribution < -0.4 is 0 Å². The number of carbonyl (C=O) groups is 1. The monoisotopic (exact) mass is 194 g/mol. The van der Waals surface area contributed by atoms with Gasteiger partial charge in [-0.1, -0.05) is 36.5 Å². The molecule has 0 bridgehead atoms. The first-order valence-corrected chi connectivity index (χ1v) is 4.86. The molecule has 0 radical (unpaired) electrons. The summed E-state index contributed by atoms with van der Waals surface area (Å²) in [5.41, 5.74) is 1.23. The highest BCUT2D eigenvalue weighted by Gasteiger charge is 1.97. The lowest BCUT2D eigenvalue weighted by atomic mass is 10.1. The van der Waals surface area contributed by atoms with Gasteiger partial charge >= 0.3 is 5.97 Å². The molecule has 0 saturated carbocycles. The van der Waals surface area contributed by atoms with E-state index < -0.39 is 5.97 Å². The van der Waals surface area contributed by atoms with Gasteiger partial charge in [0.25, 0.3) is 0 Å². The first kappa shape index (κ1) is 12.7. The van der Waals surface area contributed by atoms with Gasteiger partial charge in [0.05, 0.1) is 0 Å². The molecule has 2 heteroatoms. The van der Waals surface area contributed by atoms with Gasteiger partial charge in [0.2, 0.25) is 0 Å². The molecule has 0 unspecified atom stereocenters. The zero-order chi connectivity index (χ0) is 10.8. The molecule has 0 aromatic rings. The summed E-state index contributed by atoms with van der Waals surface area (Å²) in [4.78, 5) is 10.2. The minimum absolute atomic E-state index is 0.266. The highest BCUT2D eigenvalue weighted by atomic mass is 16.4. The minimum Gasteiger partial charge on any atom is -0.481 e. The summed E-state index contributed by atoms with van der Waals surface area (Å²) in [5.74, 6) is -0.714. The van der Waals surface area contributed by atoms with Crippen LogP contribution in [-0.2, 0) is 4.79 Å². The molecular formula is C12H18O2. The Balaban J connectivity index is 3.69. The van der Waals surface area contributed by atoms with Crippen molar-refractivity contribution >= 4 is 5.97 Å². The van der Waals surface area contributed by atoms with Crippen LogP contribution >= 0.6 is 0 Å². The van der Waals surface area contributed by atoms with Gasteiger partial charge < -0.3 is 5.11 Å². The van der Waals surface area contributed by atoms with Crippen LogP contribution in [0, 0.1) is 0 Å². The third kappa shape index (κ3) is 7.35. The standard InChI is InChI=1S/C12H18O2/c1-3-5-8-11(4-2)9-6-7-10-12(13)14/h3-5,8H,1,6-7,9-10H2,2H3,(H,13,14)/b8-5-,11-4+. The van der Waals surface area contributed by atoms with Gasteiger partial charge in [-0.15, -0.1) is 0 Å². The van der Waals surface area contributed by atoms with E-state index in [2.05, 4.69) is 6.58 Å².